The topological polar surface area (TPSA) is 171 Å². The fourth-order valence-electron chi connectivity index (χ4n) is 2.52. The van der Waals surface area contributed by atoms with Crippen molar-refractivity contribution in [3.05, 3.63) is 33.1 Å². The summed E-state index contributed by atoms with van der Waals surface area (Å²) in [5.74, 6) is 0. The van der Waals surface area contributed by atoms with Gasteiger partial charge in [-0.05, 0) is 6.92 Å². The molecule has 4 atom stereocenters. The Morgan fingerprint density at radius 2 is 1.88 bits per heavy atom. The predicted octanol–water partition coefficient (Wildman–Crippen LogP) is -2.49. The zero-order chi connectivity index (χ0) is 19.9. The summed E-state index contributed by atoms with van der Waals surface area (Å²) in [5, 5.41) is 10.8. The number of aromatic amines is 1. The number of H-pyrrole nitrogens is 1. The molecule has 1 aromatic rings. The van der Waals surface area contributed by atoms with Crippen LogP contribution in [0.4, 0.5) is 0 Å². The van der Waals surface area contributed by atoms with Crippen LogP contribution in [0.15, 0.2) is 21.9 Å². The highest BCUT2D eigenvalue weighted by Gasteiger charge is 2.56. The van der Waals surface area contributed by atoms with E-state index in [1.54, 1.807) is 0 Å². The van der Waals surface area contributed by atoms with Gasteiger partial charge in [0.15, 0.2) is 6.23 Å². The molecule has 0 spiro atoms. The van der Waals surface area contributed by atoms with Gasteiger partial charge in [0.1, 0.15) is 17.8 Å². The van der Waals surface area contributed by atoms with E-state index in [-0.39, 0.29) is 0 Å². The molecule has 1 saturated heterocycles. The Morgan fingerprint density at radius 1 is 1.27 bits per heavy atom. The largest absolute Gasteiger partial charge is 0.383 e. The van der Waals surface area contributed by atoms with E-state index in [9.17, 15) is 31.5 Å². The third kappa shape index (κ3) is 4.77. The van der Waals surface area contributed by atoms with E-state index in [0.29, 0.717) is 0 Å². The van der Waals surface area contributed by atoms with Gasteiger partial charge in [-0.2, -0.15) is 16.8 Å². The number of aromatic nitrogens is 2. The first-order chi connectivity index (χ1) is 11.7. The van der Waals surface area contributed by atoms with Crippen LogP contribution in [-0.2, 0) is 33.3 Å². The highest BCUT2D eigenvalue weighted by molar-refractivity contribution is 7.86. The minimum Gasteiger partial charge on any atom is -0.383 e. The zero-order valence-corrected chi connectivity index (χ0v) is 15.6. The maximum atomic E-state index is 12.0. The maximum Gasteiger partial charge on any atom is 0.330 e. The van der Waals surface area contributed by atoms with Crippen LogP contribution in [0.2, 0.25) is 0 Å². The monoisotopic (exact) mass is 414 g/mol. The molecule has 1 aromatic heterocycles. The zero-order valence-electron chi connectivity index (χ0n) is 14.0. The average molecular weight is 414 g/mol. The molecule has 1 aliphatic heterocycles. The summed E-state index contributed by atoms with van der Waals surface area (Å²) in [7, 11) is -7.97. The quantitative estimate of drug-likeness (QED) is 0.474. The molecule has 148 valence electrons. The molecule has 2 N–H and O–H groups in total. The Labute approximate surface area is 148 Å². The number of nitrogens with one attached hydrogen (secondary N) is 1. The van der Waals surface area contributed by atoms with Crippen molar-refractivity contribution in [2.24, 2.45) is 0 Å². The summed E-state index contributed by atoms with van der Waals surface area (Å²) in [5.41, 5.74) is -3.70. The fraction of sp³-hybridized carbons (Fsp3) is 0.667. The van der Waals surface area contributed by atoms with Gasteiger partial charge in [-0.1, -0.05) is 0 Å². The molecule has 0 aromatic carbocycles. The van der Waals surface area contributed by atoms with Crippen molar-refractivity contribution in [3.63, 3.8) is 0 Å². The molecular formula is C12H18N2O10S2. The fourth-order valence-corrected chi connectivity index (χ4v) is 3.59. The highest BCUT2D eigenvalue weighted by Crippen LogP contribution is 2.40. The molecule has 0 aliphatic carbocycles. The minimum atomic E-state index is -4.08. The van der Waals surface area contributed by atoms with Crippen molar-refractivity contribution in [2.45, 2.75) is 31.0 Å². The van der Waals surface area contributed by atoms with Crippen LogP contribution in [-0.4, -0.2) is 68.4 Å². The number of hydrogen-bond acceptors (Lipinski definition) is 10. The van der Waals surface area contributed by atoms with Crippen LogP contribution in [0.1, 0.15) is 13.2 Å². The molecule has 1 fully saturated rings. The Hall–Kier alpha value is -1.58. The van der Waals surface area contributed by atoms with E-state index in [4.69, 9.17) is 8.92 Å². The second kappa shape index (κ2) is 6.86. The van der Waals surface area contributed by atoms with Crippen LogP contribution in [0.5, 0.6) is 0 Å². The number of ether oxygens (including phenoxy) is 1. The van der Waals surface area contributed by atoms with Crippen LogP contribution >= 0.6 is 0 Å². The van der Waals surface area contributed by atoms with Crippen molar-refractivity contribution in [2.75, 3.05) is 19.1 Å². The average Bonchev–Trinajstić information content (AvgIpc) is 2.67. The lowest BCUT2D eigenvalue weighted by atomic mass is 9.96. The molecule has 2 heterocycles. The summed E-state index contributed by atoms with van der Waals surface area (Å²) >= 11 is 0. The summed E-state index contributed by atoms with van der Waals surface area (Å²) in [6, 6.07) is 0.994. The lowest BCUT2D eigenvalue weighted by Crippen LogP contribution is -2.49. The van der Waals surface area contributed by atoms with Crippen LogP contribution in [0.25, 0.3) is 0 Å². The predicted molar refractivity (Wildman–Crippen MR) is 86.4 cm³/mol. The highest BCUT2D eigenvalue weighted by atomic mass is 32.2. The van der Waals surface area contributed by atoms with E-state index in [1.807, 2.05) is 4.98 Å². The number of nitrogens with zero attached hydrogens (tertiary/aromatic N) is 1. The van der Waals surface area contributed by atoms with Gasteiger partial charge < -0.3 is 9.84 Å². The first-order valence-electron chi connectivity index (χ1n) is 7.13. The maximum absolute atomic E-state index is 12.0. The molecule has 2 rings (SSSR count). The van der Waals surface area contributed by atoms with Crippen molar-refractivity contribution >= 4 is 20.2 Å². The molecule has 0 bridgehead atoms. The molecule has 12 nitrogen and oxygen atoms in total. The summed E-state index contributed by atoms with van der Waals surface area (Å²) in [6.45, 7) is 0.481. The van der Waals surface area contributed by atoms with E-state index in [1.165, 1.54) is 0 Å². The van der Waals surface area contributed by atoms with E-state index in [0.717, 1.165) is 36.3 Å². The van der Waals surface area contributed by atoms with Crippen molar-refractivity contribution in [1.82, 2.24) is 9.55 Å². The molecule has 0 unspecified atom stereocenters. The molecule has 1 aliphatic rings. The second-order valence-corrected chi connectivity index (χ2v) is 9.22. The smallest absolute Gasteiger partial charge is 0.330 e. The third-order valence-electron chi connectivity index (χ3n) is 3.55. The molecule has 0 amide bonds. The molecule has 14 heteroatoms. The van der Waals surface area contributed by atoms with E-state index >= 15 is 0 Å². The summed E-state index contributed by atoms with van der Waals surface area (Å²) in [6.07, 6.45) is -1.86. The summed E-state index contributed by atoms with van der Waals surface area (Å²) < 4.78 is 61.1. The Morgan fingerprint density at radius 3 is 2.38 bits per heavy atom. The van der Waals surface area contributed by atoms with Crippen molar-refractivity contribution < 1.29 is 35.0 Å². The first kappa shape index (κ1) is 20.7. The molecule has 0 radical (unpaired) electrons. The van der Waals surface area contributed by atoms with Gasteiger partial charge in [0.25, 0.3) is 25.8 Å². The molecule has 26 heavy (non-hydrogen) atoms. The van der Waals surface area contributed by atoms with Crippen molar-refractivity contribution in [3.8, 4) is 0 Å². The van der Waals surface area contributed by atoms with Gasteiger partial charge in [0.05, 0.1) is 19.1 Å². The van der Waals surface area contributed by atoms with Gasteiger partial charge in [0.2, 0.25) is 0 Å². The Balaban J connectivity index is 2.45. The minimum absolute atomic E-state index is 0.663. The van der Waals surface area contributed by atoms with Gasteiger partial charge in [0, 0.05) is 12.3 Å². The standard InChI is InChI=1S/C12H18N2O10S2/c1-12(17)9(24-26(3,20)21)7(6-22-25(2,18)19)23-10(12)14-5-4-8(15)13-11(14)16/h4-5,7,9-10,17H,6H2,1-3H3,(H,13,15,16)/t7-,9-,10-,12+/m1/s1. The van der Waals surface area contributed by atoms with E-state index < -0.39 is 62.1 Å². The normalized spacial score (nSPS) is 29.8. The SMILES string of the molecule is C[C@]1(O)[C@H](OS(C)(=O)=O)[C@@H](COS(C)(=O)=O)O[C@H]1n1ccc(=O)[nH]c1=O. The second-order valence-electron chi connectivity index (χ2n) is 5.98. The molecular weight excluding hydrogens is 396 g/mol. The lowest BCUT2D eigenvalue weighted by Gasteiger charge is -2.29. The van der Waals surface area contributed by atoms with Gasteiger partial charge in [-0.3, -0.25) is 22.7 Å². The molecule has 0 saturated carbocycles. The number of rotatable bonds is 6. The van der Waals surface area contributed by atoms with Gasteiger partial charge in [-0.15, -0.1) is 0 Å². The first-order valence-corrected chi connectivity index (χ1v) is 10.8. The Bertz CT molecular complexity index is 991. The lowest BCUT2D eigenvalue weighted by molar-refractivity contribution is -0.0952. The van der Waals surface area contributed by atoms with Gasteiger partial charge in [-0.25, -0.2) is 4.79 Å². The van der Waals surface area contributed by atoms with Crippen LogP contribution in [0, 0.1) is 0 Å². The van der Waals surface area contributed by atoms with Crippen LogP contribution < -0.4 is 11.2 Å². The van der Waals surface area contributed by atoms with E-state index in [2.05, 4.69) is 4.18 Å². The summed E-state index contributed by atoms with van der Waals surface area (Å²) in [4.78, 5) is 25.1. The number of hydrogen-bond donors (Lipinski definition) is 2. The Kier molecular flexibility index (Phi) is 5.47. The van der Waals surface area contributed by atoms with Gasteiger partial charge >= 0.3 is 5.69 Å². The van der Waals surface area contributed by atoms with Crippen LogP contribution in [0.3, 0.4) is 0 Å². The van der Waals surface area contributed by atoms with Crippen molar-refractivity contribution in [1.29, 1.82) is 0 Å². The number of aliphatic hydroxyl groups is 1. The third-order valence-corrected chi connectivity index (χ3v) is 4.67.